The molecule has 0 amide bonds. The van der Waals surface area contributed by atoms with E-state index < -0.39 is 0 Å². The normalized spacial score (nSPS) is 22.1. The van der Waals surface area contributed by atoms with Gasteiger partial charge in [-0.05, 0) is 52.4 Å². The third kappa shape index (κ3) is 3.56. The molecule has 2 rings (SSSR count). The van der Waals surface area contributed by atoms with Gasteiger partial charge in [-0.3, -0.25) is 0 Å². The Bertz CT molecular complexity index is 350. The van der Waals surface area contributed by atoms with Crippen LogP contribution >= 0.6 is 0 Å². The minimum absolute atomic E-state index is 0.529. The Hall–Kier alpha value is -0.860. The molecular weight excluding hydrogens is 220 g/mol. The van der Waals surface area contributed by atoms with Gasteiger partial charge in [-0.2, -0.15) is 0 Å². The maximum absolute atomic E-state index is 3.66. The molecule has 1 N–H and O–H groups in total. The molecular formula is C16H26N2. The number of rotatable bonds is 4. The molecule has 1 aromatic rings. The van der Waals surface area contributed by atoms with Crippen LogP contribution in [0.5, 0.6) is 0 Å². The van der Waals surface area contributed by atoms with Crippen molar-refractivity contribution in [2.45, 2.75) is 44.7 Å². The maximum atomic E-state index is 3.66. The average molecular weight is 246 g/mol. The minimum Gasteiger partial charge on any atom is -0.314 e. The fourth-order valence-corrected chi connectivity index (χ4v) is 2.83. The Morgan fingerprint density at radius 2 is 1.94 bits per heavy atom. The maximum Gasteiger partial charge on any atom is 0.0356 e. The Morgan fingerprint density at radius 1 is 1.22 bits per heavy atom. The molecule has 2 heteroatoms. The van der Waals surface area contributed by atoms with Crippen LogP contribution in [-0.2, 0) is 0 Å². The van der Waals surface area contributed by atoms with Crippen LogP contribution in [0.15, 0.2) is 24.3 Å². The van der Waals surface area contributed by atoms with E-state index in [1.165, 1.54) is 43.4 Å². The molecule has 1 saturated heterocycles. The SMILES string of the molecule is Cc1ccc(C(CC2CCCCN2)N(C)C)cc1. The lowest BCUT2D eigenvalue weighted by atomic mass is 9.93. The van der Waals surface area contributed by atoms with Gasteiger partial charge >= 0.3 is 0 Å². The van der Waals surface area contributed by atoms with Crippen molar-refractivity contribution in [3.05, 3.63) is 35.4 Å². The van der Waals surface area contributed by atoms with Crippen molar-refractivity contribution in [1.82, 2.24) is 10.2 Å². The summed E-state index contributed by atoms with van der Waals surface area (Å²) in [6, 6.07) is 10.2. The molecule has 0 radical (unpaired) electrons. The zero-order chi connectivity index (χ0) is 13.0. The molecule has 0 bridgehead atoms. The molecule has 1 fully saturated rings. The molecule has 2 nitrogen and oxygen atoms in total. The van der Waals surface area contributed by atoms with Crippen LogP contribution in [0.4, 0.5) is 0 Å². The van der Waals surface area contributed by atoms with E-state index >= 15 is 0 Å². The van der Waals surface area contributed by atoms with Crippen LogP contribution in [0.2, 0.25) is 0 Å². The summed E-state index contributed by atoms with van der Waals surface area (Å²) in [5.41, 5.74) is 2.78. The smallest absolute Gasteiger partial charge is 0.0356 e. The van der Waals surface area contributed by atoms with Crippen LogP contribution in [-0.4, -0.2) is 31.6 Å². The highest BCUT2D eigenvalue weighted by Crippen LogP contribution is 2.26. The number of nitrogens with one attached hydrogen (secondary N) is 1. The molecule has 2 unspecified atom stereocenters. The lowest BCUT2D eigenvalue weighted by Gasteiger charge is -2.31. The second-order valence-electron chi connectivity index (χ2n) is 5.77. The van der Waals surface area contributed by atoms with Gasteiger partial charge in [-0.1, -0.05) is 36.2 Å². The van der Waals surface area contributed by atoms with Gasteiger partial charge in [0.05, 0.1) is 0 Å². The number of piperidine rings is 1. The molecule has 1 aliphatic heterocycles. The third-order valence-electron chi connectivity index (χ3n) is 4.01. The van der Waals surface area contributed by atoms with Crippen molar-refractivity contribution < 1.29 is 0 Å². The zero-order valence-corrected chi connectivity index (χ0v) is 11.9. The van der Waals surface area contributed by atoms with Gasteiger partial charge in [0, 0.05) is 12.1 Å². The Kier molecular flexibility index (Phi) is 4.79. The third-order valence-corrected chi connectivity index (χ3v) is 4.01. The summed E-state index contributed by atoms with van der Waals surface area (Å²) in [7, 11) is 4.38. The van der Waals surface area contributed by atoms with E-state index in [4.69, 9.17) is 0 Å². The Balaban J connectivity index is 2.05. The van der Waals surface area contributed by atoms with Crippen molar-refractivity contribution in [2.24, 2.45) is 0 Å². The lowest BCUT2D eigenvalue weighted by Crippen LogP contribution is -2.37. The quantitative estimate of drug-likeness (QED) is 0.878. The largest absolute Gasteiger partial charge is 0.314 e. The van der Waals surface area contributed by atoms with Crippen molar-refractivity contribution >= 4 is 0 Å². The second-order valence-corrected chi connectivity index (χ2v) is 5.77. The molecule has 18 heavy (non-hydrogen) atoms. The van der Waals surface area contributed by atoms with Crippen LogP contribution in [0.25, 0.3) is 0 Å². The van der Waals surface area contributed by atoms with E-state index in [1.807, 2.05) is 0 Å². The summed E-state index contributed by atoms with van der Waals surface area (Å²) in [6.07, 6.45) is 5.27. The molecule has 0 aromatic heterocycles. The van der Waals surface area contributed by atoms with E-state index in [0.29, 0.717) is 12.1 Å². The summed E-state index contributed by atoms with van der Waals surface area (Å²) < 4.78 is 0. The molecule has 1 aliphatic rings. The monoisotopic (exact) mass is 246 g/mol. The summed E-state index contributed by atoms with van der Waals surface area (Å²) in [6.45, 7) is 3.34. The molecule has 0 aliphatic carbocycles. The molecule has 2 atom stereocenters. The number of hydrogen-bond acceptors (Lipinski definition) is 2. The standard InChI is InChI=1S/C16H26N2/c1-13-7-9-14(10-8-13)16(18(2)3)12-15-6-4-5-11-17-15/h7-10,15-17H,4-6,11-12H2,1-3H3. The fraction of sp³-hybridized carbons (Fsp3) is 0.625. The number of nitrogens with zero attached hydrogens (tertiary/aromatic N) is 1. The number of aryl methyl sites for hydroxylation is 1. The summed E-state index contributed by atoms with van der Waals surface area (Å²) in [5, 5.41) is 3.66. The number of hydrogen-bond donors (Lipinski definition) is 1. The van der Waals surface area contributed by atoms with Gasteiger partial charge in [0.1, 0.15) is 0 Å². The first-order valence-corrected chi connectivity index (χ1v) is 7.13. The lowest BCUT2D eigenvalue weighted by molar-refractivity contribution is 0.240. The van der Waals surface area contributed by atoms with E-state index in [1.54, 1.807) is 0 Å². The molecule has 0 saturated carbocycles. The highest BCUT2D eigenvalue weighted by Gasteiger charge is 2.21. The van der Waals surface area contributed by atoms with Gasteiger partial charge in [0.25, 0.3) is 0 Å². The minimum atomic E-state index is 0.529. The average Bonchev–Trinajstić information content (AvgIpc) is 2.38. The van der Waals surface area contributed by atoms with Gasteiger partial charge in [0.15, 0.2) is 0 Å². The van der Waals surface area contributed by atoms with Gasteiger partial charge in [0.2, 0.25) is 0 Å². The highest BCUT2D eigenvalue weighted by atomic mass is 15.1. The summed E-state index contributed by atoms with van der Waals surface area (Å²) in [5.74, 6) is 0. The van der Waals surface area contributed by atoms with E-state index in [0.717, 1.165) is 0 Å². The van der Waals surface area contributed by atoms with Crippen LogP contribution in [0, 0.1) is 6.92 Å². The first-order chi connectivity index (χ1) is 8.66. The van der Waals surface area contributed by atoms with Crippen molar-refractivity contribution in [2.75, 3.05) is 20.6 Å². The van der Waals surface area contributed by atoms with Gasteiger partial charge in [-0.15, -0.1) is 0 Å². The van der Waals surface area contributed by atoms with Crippen molar-refractivity contribution in [1.29, 1.82) is 0 Å². The molecule has 100 valence electrons. The van der Waals surface area contributed by atoms with Crippen LogP contribution in [0.3, 0.4) is 0 Å². The first kappa shape index (κ1) is 13.6. The van der Waals surface area contributed by atoms with Crippen molar-refractivity contribution in [3.8, 4) is 0 Å². The predicted molar refractivity (Wildman–Crippen MR) is 77.9 cm³/mol. The van der Waals surface area contributed by atoms with Crippen molar-refractivity contribution in [3.63, 3.8) is 0 Å². The second kappa shape index (κ2) is 6.35. The van der Waals surface area contributed by atoms with E-state index in [-0.39, 0.29) is 0 Å². The topological polar surface area (TPSA) is 15.3 Å². The molecule has 1 aromatic carbocycles. The van der Waals surface area contributed by atoms with E-state index in [2.05, 4.69) is 55.5 Å². The van der Waals surface area contributed by atoms with Crippen LogP contribution < -0.4 is 5.32 Å². The van der Waals surface area contributed by atoms with E-state index in [9.17, 15) is 0 Å². The molecule has 0 spiro atoms. The Labute approximate surface area is 111 Å². The fourth-order valence-electron chi connectivity index (χ4n) is 2.83. The highest BCUT2D eigenvalue weighted by molar-refractivity contribution is 5.24. The zero-order valence-electron chi connectivity index (χ0n) is 11.9. The van der Waals surface area contributed by atoms with Gasteiger partial charge in [-0.25, -0.2) is 0 Å². The first-order valence-electron chi connectivity index (χ1n) is 7.13. The Morgan fingerprint density at radius 3 is 2.50 bits per heavy atom. The predicted octanol–water partition coefficient (Wildman–Crippen LogP) is 3.13. The number of benzene rings is 1. The van der Waals surface area contributed by atoms with Gasteiger partial charge < -0.3 is 10.2 Å². The van der Waals surface area contributed by atoms with Crippen LogP contribution in [0.1, 0.15) is 42.9 Å². The summed E-state index contributed by atoms with van der Waals surface area (Å²) >= 11 is 0. The summed E-state index contributed by atoms with van der Waals surface area (Å²) in [4.78, 5) is 2.35. The molecule has 1 heterocycles.